The molecular weight excluding hydrogens is 448 g/mol. The molecule has 1 fully saturated rings. The van der Waals surface area contributed by atoms with Gasteiger partial charge in [-0.05, 0) is 39.0 Å². The summed E-state index contributed by atoms with van der Waals surface area (Å²) >= 11 is 0. The summed E-state index contributed by atoms with van der Waals surface area (Å²) in [5.74, 6) is -0.345. The van der Waals surface area contributed by atoms with E-state index in [0.717, 1.165) is 51.4 Å². The normalized spacial score (nSPS) is 24.8. The van der Waals surface area contributed by atoms with E-state index < -0.39 is 0 Å². The van der Waals surface area contributed by atoms with Crippen LogP contribution < -0.4 is 0 Å². The van der Waals surface area contributed by atoms with Crippen molar-refractivity contribution in [3.63, 3.8) is 0 Å². The number of unbranched alkanes of at least 4 members (excludes halogenated alkanes) is 4. The minimum Gasteiger partial charge on any atom is -0.463 e. The zero-order valence-electron chi connectivity index (χ0n) is 23.0. The molecule has 0 aromatic carbocycles. The monoisotopic (exact) mass is 500 g/mol. The van der Waals surface area contributed by atoms with Crippen molar-refractivity contribution in [1.29, 1.82) is 0 Å². The van der Waals surface area contributed by atoms with E-state index in [1.165, 1.54) is 6.08 Å². The molecule has 206 valence electrons. The van der Waals surface area contributed by atoms with Crippen LogP contribution in [0, 0.1) is 0 Å². The molecule has 0 amide bonds. The highest BCUT2D eigenvalue weighted by atomic mass is 16.6. The SMILES string of the molecule is CCCCOC[C@H]1O[C@H](C/C=C/C(=O)OCC)[C@H](OCCCC)[C@@H](OCCCC)[C@@H]1OCCCC. The Bertz CT molecular complexity index is 539. The summed E-state index contributed by atoms with van der Waals surface area (Å²) < 4.78 is 36.8. The predicted octanol–water partition coefficient (Wildman–Crippen LogP) is 5.64. The Morgan fingerprint density at radius 1 is 0.714 bits per heavy atom. The fourth-order valence-corrected chi connectivity index (χ4v) is 3.93. The number of esters is 1. The Hall–Kier alpha value is -0.990. The maximum atomic E-state index is 11.8. The van der Waals surface area contributed by atoms with Crippen LogP contribution in [-0.4, -0.2) is 76.1 Å². The fourth-order valence-electron chi connectivity index (χ4n) is 3.93. The molecule has 7 nitrogen and oxygen atoms in total. The molecule has 5 atom stereocenters. The topological polar surface area (TPSA) is 72.5 Å². The van der Waals surface area contributed by atoms with Crippen molar-refractivity contribution in [1.82, 2.24) is 0 Å². The molecule has 0 radical (unpaired) electrons. The first-order valence-corrected chi connectivity index (χ1v) is 14.0. The lowest BCUT2D eigenvalue weighted by Crippen LogP contribution is -2.61. The van der Waals surface area contributed by atoms with Crippen LogP contribution in [0.15, 0.2) is 12.2 Å². The zero-order valence-corrected chi connectivity index (χ0v) is 23.0. The first-order chi connectivity index (χ1) is 17.1. The van der Waals surface area contributed by atoms with E-state index in [2.05, 4.69) is 27.7 Å². The van der Waals surface area contributed by atoms with Gasteiger partial charge in [-0.1, -0.05) is 59.5 Å². The van der Waals surface area contributed by atoms with Gasteiger partial charge in [0, 0.05) is 32.5 Å². The Morgan fingerprint density at radius 2 is 1.23 bits per heavy atom. The van der Waals surface area contributed by atoms with Gasteiger partial charge in [-0.3, -0.25) is 0 Å². The Morgan fingerprint density at radius 3 is 1.77 bits per heavy atom. The second kappa shape index (κ2) is 21.1. The second-order valence-electron chi connectivity index (χ2n) is 9.10. The zero-order chi connectivity index (χ0) is 25.7. The van der Waals surface area contributed by atoms with Gasteiger partial charge in [0.15, 0.2) is 0 Å². The van der Waals surface area contributed by atoms with E-state index in [4.69, 9.17) is 28.4 Å². The lowest BCUT2D eigenvalue weighted by molar-refractivity contribution is -0.265. The highest BCUT2D eigenvalue weighted by molar-refractivity contribution is 5.81. The number of rotatable bonds is 21. The first-order valence-electron chi connectivity index (χ1n) is 14.0. The van der Waals surface area contributed by atoms with Gasteiger partial charge >= 0.3 is 5.97 Å². The largest absolute Gasteiger partial charge is 0.463 e. The number of carbonyl (C=O) groups excluding carboxylic acids is 1. The first kappa shape index (κ1) is 32.0. The molecule has 1 aliphatic heterocycles. The van der Waals surface area contributed by atoms with Crippen molar-refractivity contribution in [3.05, 3.63) is 12.2 Å². The molecular formula is C28H52O7. The van der Waals surface area contributed by atoms with Crippen molar-refractivity contribution < 1.29 is 33.2 Å². The molecule has 0 spiro atoms. The van der Waals surface area contributed by atoms with Crippen LogP contribution in [0.2, 0.25) is 0 Å². The highest BCUT2D eigenvalue weighted by Gasteiger charge is 2.47. The second-order valence-corrected chi connectivity index (χ2v) is 9.10. The molecule has 1 heterocycles. The smallest absolute Gasteiger partial charge is 0.330 e. The molecule has 35 heavy (non-hydrogen) atoms. The van der Waals surface area contributed by atoms with Crippen molar-refractivity contribution in [2.75, 3.05) is 39.6 Å². The molecule has 0 unspecified atom stereocenters. The van der Waals surface area contributed by atoms with Crippen LogP contribution in [0.1, 0.15) is 92.4 Å². The van der Waals surface area contributed by atoms with E-state index in [1.807, 2.05) is 6.08 Å². The van der Waals surface area contributed by atoms with Gasteiger partial charge in [0.2, 0.25) is 0 Å². The molecule has 1 aliphatic rings. The lowest BCUT2D eigenvalue weighted by Gasteiger charge is -2.46. The summed E-state index contributed by atoms with van der Waals surface area (Å²) in [6.07, 6.45) is 10.7. The number of hydrogen-bond acceptors (Lipinski definition) is 7. The molecule has 7 heteroatoms. The quantitative estimate of drug-likeness (QED) is 0.115. The van der Waals surface area contributed by atoms with E-state index in [1.54, 1.807) is 6.92 Å². The lowest BCUT2D eigenvalue weighted by atomic mass is 9.92. The maximum absolute atomic E-state index is 11.8. The minimum absolute atomic E-state index is 0.259. The molecule has 0 N–H and O–H groups in total. The van der Waals surface area contributed by atoms with Gasteiger partial charge in [-0.25, -0.2) is 4.79 Å². The summed E-state index contributed by atoms with van der Waals surface area (Å²) in [6.45, 7) is 13.9. The molecule has 0 aromatic rings. The maximum Gasteiger partial charge on any atom is 0.330 e. The molecule has 1 saturated heterocycles. The average Bonchev–Trinajstić information content (AvgIpc) is 2.85. The van der Waals surface area contributed by atoms with Crippen molar-refractivity contribution >= 4 is 5.97 Å². The minimum atomic E-state index is -0.345. The third kappa shape index (κ3) is 13.2. The van der Waals surface area contributed by atoms with Crippen LogP contribution in [0.4, 0.5) is 0 Å². The standard InChI is InChI=1S/C28H52O7/c1-6-11-18-30-22-24-27(33-20-13-8-3)28(34-21-14-9-4)26(32-19-12-7-2)23(35-24)16-15-17-25(29)31-10-5/h15,17,23-24,26-28H,6-14,16,18-22H2,1-5H3/b17-15+/t23-,24-,26+,27-,28-/m1/s1. The van der Waals surface area contributed by atoms with Gasteiger partial charge in [0.25, 0.3) is 0 Å². The summed E-state index contributed by atoms with van der Waals surface area (Å²) in [5.41, 5.74) is 0. The summed E-state index contributed by atoms with van der Waals surface area (Å²) in [6, 6.07) is 0. The number of ether oxygens (including phenoxy) is 6. The van der Waals surface area contributed by atoms with Gasteiger partial charge in [-0.2, -0.15) is 0 Å². The Kier molecular flexibility index (Phi) is 19.3. The van der Waals surface area contributed by atoms with Gasteiger partial charge in [0.1, 0.15) is 24.4 Å². The molecule has 1 rings (SSSR count). The number of hydrogen-bond donors (Lipinski definition) is 0. The van der Waals surface area contributed by atoms with Crippen molar-refractivity contribution in [3.8, 4) is 0 Å². The van der Waals surface area contributed by atoms with Crippen LogP contribution >= 0.6 is 0 Å². The van der Waals surface area contributed by atoms with Crippen LogP contribution in [0.25, 0.3) is 0 Å². The molecule has 0 saturated carbocycles. The van der Waals surface area contributed by atoms with Gasteiger partial charge in [-0.15, -0.1) is 0 Å². The van der Waals surface area contributed by atoms with E-state index in [0.29, 0.717) is 46.1 Å². The van der Waals surface area contributed by atoms with Crippen LogP contribution in [-0.2, 0) is 33.2 Å². The van der Waals surface area contributed by atoms with Crippen molar-refractivity contribution in [2.45, 2.75) is 123 Å². The van der Waals surface area contributed by atoms with E-state index in [9.17, 15) is 4.79 Å². The van der Waals surface area contributed by atoms with E-state index >= 15 is 0 Å². The fraction of sp³-hybridized carbons (Fsp3) is 0.893. The Balaban J connectivity index is 3.13. The van der Waals surface area contributed by atoms with Crippen molar-refractivity contribution in [2.24, 2.45) is 0 Å². The summed E-state index contributed by atoms with van der Waals surface area (Å²) in [7, 11) is 0. The molecule has 0 aliphatic carbocycles. The van der Waals surface area contributed by atoms with E-state index in [-0.39, 0.29) is 36.5 Å². The average molecular weight is 501 g/mol. The van der Waals surface area contributed by atoms with Gasteiger partial charge in [0.05, 0.1) is 19.3 Å². The van der Waals surface area contributed by atoms with Gasteiger partial charge < -0.3 is 28.4 Å². The third-order valence-corrected chi connectivity index (χ3v) is 5.99. The van der Waals surface area contributed by atoms with Crippen LogP contribution in [0.3, 0.4) is 0 Å². The summed E-state index contributed by atoms with van der Waals surface area (Å²) in [4.78, 5) is 11.8. The third-order valence-electron chi connectivity index (χ3n) is 5.99. The molecule has 0 bridgehead atoms. The number of carbonyl (C=O) groups is 1. The summed E-state index contributed by atoms with van der Waals surface area (Å²) in [5, 5.41) is 0. The Labute approximate surface area is 214 Å². The highest BCUT2D eigenvalue weighted by Crippen LogP contribution is 2.31. The van der Waals surface area contributed by atoms with Crippen LogP contribution in [0.5, 0.6) is 0 Å². The molecule has 0 aromatic heterocycles. The predicted molar refractivity (Wildman–Crippen MR) is 139 cm³/mol.